The zero-order valence-electron chi connectivity index (χ0n) is 9.90. The summed E-state index contributed by atoms with van der Waals surface area (Å²) in [6.07, 6.45) is 5.49. The van der Waals surface area contributed by atoms with E-state index in [0.717, 1.165) is 5.69 Å². The zero-order valence-corrected chi connectivity index (χ0v) is 9.90. The monoisotopic (exact) mass is 228 g/mol. The third-order valence-corrected chi connectivity index (χ3v) is 3.47. The van der Waals surface area contributed by atoms with Crippen LogP contribution in [0.15, 0.2) is 24.4 Å². The summed E-state index contributed by atoms with van der Waals surface area (Å²) < 4.78 is 0. The van der Waals surface area contributed by atoms with E-state index in [4.69, 9.17) is 0 Å². The first-order valence-electron chi connectivity index (χ1n) is 6.03. The van der Waals surface area contributed by atoms with E-state index in [1.54, 1.807) is 6.20 Å². The number of rotatable bonds is 3. The molecular weight excluding hydrogens is 212 g/mol. The van der Waals surface area contributed by atoms with Crippen LogP contribution in [-0.2, 0) is 12.8 Å². The van der Waals surface area contributed by atoms with Crippen molar-refractivity contribution >= 4 is 0 Å². The molecule has 2 aromatic rings. The van der Waals surface area contributed by atoms with Crippen LogP contribution >= 0.6 is 0 Å². The van der Waals surface area contributed by atoms with Crippen molar-refractivity contribution in [2.24, 2.45) is 0 Å². The summed E-state index contributed by atoms with van der Waals surface area (Å²) in [5, 5.41) is 14.0. The number of aromatic amines is 1. The van der Waals surface area contributed by atoms with Crippen molar-refractivity contribution in [3.05, 3.63) is 46.8 Å². The largest absolute Gasteiger partial charge is 0.308 e. The van der Waals surface area contributed by atoms with Crippen LogP contribution in [0.2, 0.25) is 0 Å². The molecule has 0 fully saturated rings. The molecule has 1 heterocycles. The number of fused-ring (bicyclic) bond motifs is 1. The third kappa shape index (κ3) is 1.85. The van der Waals surface area contributed by atoms with Gasteiger partial charge in [-0.1, -0.05) is 18.2 Å². The van der Waals surface area contributed by atoms with Gasteiger partial charge in [0.15, 0.2) is 0 Å². The number of benzene rings is 1. The van der Waals surface area contributed by atoms with E-state index >= 15 is 0 Å². The molecule has 0 amide bonds. The van der Waals surface area contributed by atoms with Gasteiger partial charge < -0.3 is 5.32 Å². The van der Waals surface area contributed by atoms with Gasteiger partial charge in [0.25, 0.3) is 0 Å². The highest BCUT2D eigenvalue weighted by Gasteiger charge is 2.17. The van der Waals surface area contributed by atoms with Crippen LogP contribution in [-0.4, -0.2) is 22.5 Å². The molecule has 0 saturated carbocycles. The lowest BCUT2D eigenvalue weighted by Gasteiger charge is -2.15. The lowest BCUT2D eigenvalue weighted by molar-refractivity contribution is 0.666. The van der Waals surface area contributed by atoms with Crippen molar-refractivity contribution in [2.45, 2.75) is 25.3 Å². The molecule has 0 bridgehead atoms. The Morgan fingerprint density at radius 1 is 1.29 bits per heavy atom. The van der Waals surface area contributed by atoms with Gasteiger partial charge >= 0.3 is 0 Å². The fourth-order valence-electron chi connectivity index (χ4n) is 2.61. The Kier molecular flexibility index (Phi) is 2.65. The van der Waals surface area contributed by atoms with Crippen LogP contribution in [0.5, 0.6) is 0 Å². The SMILES string of the molecule is CNC(c1ccc2c(c1)CCC2)c1cn[nH]n1. The molecule has 3 rings (SSSR count). The van der Waals surface area contributed by atoms with Gasteiger partial charge in [-0.25, -0.2) is 0 Å². The summed E-state index contributed by atoms with van der Waals surface area (Å²) in [7, 11) is 1.95. The summed E-state index contributed by atoms with van der Waals surface area (Å²) in [6, 6.07) is 6.87. The Balaban J connectivity index is 1.97. The van der Waals surface area contributed by atoms with Crippen LogP contribution in [0, 0.1) is 0 Å². The maximum atomic E-state index is 4.16. The molecule has 1 aromatic heterocycles. The summed E-state index contributed by atoms with van der Waals surface area (Å²) >= 11 is 0. The fourth-order valence-corrected chi connectivity index (χ4v) is 2.61. The summed E-state index contributed by atoms with van der Waals surface area (Å²) in [5.74, 6) is 0. The molecule has 0 spiro atoms. The maximum absolute atomic E-state index is 4.16. The van der Waals surface area contributed by atoms with Crippen LogP contribution in [0.25, 0.3) is 0 Å². The maximum Gasteiger partial charge on any atom is 0.104 e. The Morgan fingerprint density at radius 3 is 2.94 bits per heavy atom. The minimum absolute atomic E-state index is 0.125. The highest BCUT2D eigenvalue weighted by atomic mass is 15.3. The Morgan fingerprint density at radius 2 is 2.18 bits per heavy atom. The minimum Gasteiger partial charge on any atom is -0.308 e. The first-order chi connectivity index (χ1) is 8.38. The highest BCUT2D eigenvalue weighted by Crippen LogP contribution is 2.27. The Labute approximate surface area is 100 Å². The topological polar surface area (TPSA) is 53.6 Å². The number of aryl methyl sites for hydroxylation is 2. The number of hydrogen-bond acceptors (Lipinski definition) is 3. The van der Waals surface area contributed by atoms with Gasteiger partial charge in [0.1, 0.15) is 5.69 Å². The van der Waals surface area contributed by atoms with Gasteiger partial charge in [-0.15, -0.1) is 0 Å². The van der Waals surface area contributed by atoms with Crippen LogP contribution < -0.4 is 5.32 Å². The fraction of sp³-hybridized carbons (Fsp3) is 0.385. The number of hydrogen-bond donors (Lipinski definition) is 2. The molecule has 4 heteroatoms. The van der Waals surface area contributed by atoms with Crippen LogP contribution in [0.1, 0.15) is 34.8 Å². The highest BCUT2D eigenvalue weighted by molar-refractivity contribution is 5.38. The molecule has 1 aliphatic carbocycles. The number of aromatic nitrogens is 3. The normalized spacial score (nSPS) is 15.8. The molecule has 0 saturated heterocycles. The van der Waals surface area contributed by atoms with Crippen molar-refractivity contribution in [3.63, 3.8) is 0 Å². The van der Waals surface area contributed by atoms with E-state index < -0.39 is 0 Å². The van der Waals surface area contributed by atoms with E-state index in [1.807, 2.05) is 7.05 Å². The standard InChI is InChI=1S/C13H16N4/c1-14-13(12-8-15-17-16-12)11-6-5-9-3-2-4-10(9)7-11/h5-8,13-14H,2-4H2,1H3,(H,15,16,17). The van der Waals surface area contributed by atoms with Gasteiger partial charge in [-0.3, -0.25) is 0 Å². The summed E-state index contributed by atoms with van der Waals surface area (Å²) in [5.41, 5.74) is 5.20. The quantitative estimate of drug-likeness (QED) is 0.839. The molecule has 1 atom stereocenters. The predicted octanol–water partition coefficient (Wildman–Crippen LogP) is 1.60. The molecule has 0 aliphatic heterocycles. The van der Waals surface area contributed by atoms with E-state index in [9.17, 15) is 0 Å². The van der Waals surface area contributed by atoms with Crippen LogP contribution in [0.3, 0.4) is 0 Å². The second kappa shape index (κ2) is 4.30. The van der Waals surface area contributed by atoms with Crippen molar-refractivity contribution in [2.75, 3.05) is 7.05 Å². The van der Waals surface area contributed by atoms with Crippen molar-refractivity contribution in [1.82, 2.24) is 20.7 Å². The number of nitrogens with one attached hydrogen (secondary N) is 2. The van der Waals surface area contributed by atoms with Crippen molar-refractivity contribution in [3.8, 4) is 0 Å². The average molecular weight is 228 g/mol. The average Bonchev–Trinajstić information content (AvgIpc) is 2.99. The van der Waals surface area contributed by atoms with E-state index in [0.29, 0.717) is 0 Å². The molecule has 1 aliphatic rings. The first kappa shape index (κ1) is 10.5. The molecule has 1 aromatic carbocycles. The molecule has 1 unspecified atom stereocenters. The molecule has 4 nitrogen and oxygen atoms in total. The van der Waals surface area contributed by atoms with E-state index in [1.165, 1.54) is 36.0 Å². The summed E-state index contributed by atoms with van der Waals surface area (Å²) in [4.78, 5) is 0. The second-order valence-electron chi connectivity index (χ2n) is 4.50. The van der Waals surface area contributed by atoms with E-state index in [2.05, 4.69) is 38.9 Å². The van der Waals surface area contributed by atoms with Gasteiger partial charge in [0.05, 0.1) is 12.2 Å². The smallest absolute Gasteiger partial charge is 0.104 e. The van der Waals surface area contributed by atoms with Gasteiger partial charge in [-0.05, 0) is 43.0 Å². The molecule has 17 heavy (non-hydrogen) atoms. The molecule has 0 radical (unpaired) electrons. The third-order valence-electron chi connectivity index (χ3n) is 3.47. The van der Waals surface area contributed by atoms with Gasteiger partial charge in [-0.2, -0.15) is 15.4 Å². The van der Waals surface area contributed by atoms with Crippen molar-refractivity contribution in [1.29, 1.82) is 0 Å². The molecular formula is C13H16N4. The molecule has 2 N–H and O–H groups in total. The Bertz CT molecular complexity index is 504. The van der Waals surface area contributed by atoms with Gasteiger partial charge in [0.2, 0.25) is 0 Å². The first-order valence-corrected chi connectivity index (χ1v) is 6.03. The lowest BCUT2D eigenvalue weighted by atomic mass is 9.99. The second-order valence-corrected chi connectivity index (χ2v) is 4.50. The Hall–Kier alpha value is -1.68. The number of nitrogens with zero attached hydrogens (tertiary/aromatic N) is 2. The number of H-pyrrole nitrogens is 1. The minimum atomic E-state index is 0.125. The zero-order chi connectivity index (χ0) is 11.7. The van der Waals surface area contributed by atoms with E-state index in [-0.39, 0.29) is 6.04 Å². The predicted molar refractivity (Wildman–Crippen MR) is 65.8 cm³/mol. The van der Waals surface area contributed by atoms with Crippen LogP contribution in [0.4, 0.5) is 0 Å². The van der Waals surface area contributed by atoms with Crippen molar-refractivity contribution < 1.29 is 0 Å². The van der Waals surface area contributed by atoms with Gasteiger partial charge in [0, 0.05) is 0 Å². The summed E-state index contributed by atoms with van der Waals surface area (Å²) in [6.45, 7) is 0. The lowest BCUT2D eigenvalue weighted by Crippen LogP contribution is -2.18. The molecule has 88 valence electrons.